The quantitative estimate of drug-likeness (QED) is 0.501. The molecule has 0 aromatic carbocycles. The number of alkyl halides is 2. The number of aromatic nitrogens is 3. The van der Waals surface area contributed by atoms with Crippen molar-refractivity contribution in [3.05, 3.63) is 45.8 Å². The molecular weight excluding hydrogens is 456 g/mol. The number of aryl methyl sites for hydroxylation is 1. The van der Waals surface area contributed by atoms with Crippen molar-refractivity contribution in [1.82, 2.24) is 19.9 Å². The van der Waals surface area contributed by atoms with Gasteiger partial charge in [-0.15, -0.1) is 11.3 Å². The number of thiophene rings is 1. The lowest BCUT2D eigenvalue weighted by Crippen LogP contribution is -2.28. The van der Waals surface area contributed by atoms with Gasteiger partial charge in [0.25, 0.3) is 5.91 Å². The van der Waals surface area contributed by atoms with Gasteiger partial charge >= 0.3 is 0 Å². The second-order valence-corrected chi connectivity index (χ2v) is 9.67. The summed E-state index contributed by atoms with van der Waals surface area (Å²) in [5, 5.41) is 4.63. The lowest BCUT2D eigenvalue weighted by molar-refractivity contribution is -0.0443. The minimum atomic E-state index is -2.54. The van der Waals surface area contributed by atoms with Crippen molar-refractivity contribution < 1.29 is 13.6 Å². The summed E-state index contributed by atoms with van der Waals surface area (Å²) in [4.78, 5) is 28.8. The maximum atomic E-state index is 13.4. The first kappa shape index (κ1) is 22.8. The number of amides is 1. The van der Waals surface area contributed by atoms with E-state index in [0.717, 1.165) is 16.5 Å². The predicted octanol–water partition coefficient (Wildman–Crippen LogP) is 5.56. The Kier molecular flexibility index (Phi) is 6.57. The highest BCUT2D eigenvalue weighted by Crippen LogP contribution is 2.37. The molecule has 3 aromatic heterocycles. The monoisotopic (exact) mass is 479 g/mol. The van der Waals surface area contributed by atoms with Crippen LogP contribution in [0.2, 0.25) is 5.02 Å². The van der Waals surface area contributed by atoms with Crippen molar-refractivity contribution in [2.75, 3.05) is 18.9 Å². The third-order valence-electron chi connectivity index (χ3n) is 5.93. The van der Waals surface area contributed by atoms with Crippen LogP contribution in [0.5, 0.6) is 0 Å². The van der Waals surface area contributed by atoms with Gasteiger partial charge in [0.1, 0.15) is 17.0 Å². The fraction of sp³-hybridized carbons (Fsp3) is 0.455. The molecule has 0 atom stereocenters. The van der Waals surface area contributed by atoms with E-state index >= 15 is 0 Å². The largest absolute Gasteiger partial charge is 0.369 e. The number of carbonyl (C=O) groups excluding carboxylic acids is 1. The van der Waals surface area contributed by atoms with Gasteiger partial charge in [-0.05, 0) is 42.9 Å². The van der Waals surface area contributed by atoms with Crippen molar-refractivity contribution in [1.29, 1.82) is 0 Å². The molecule has 32 heavy (non-hydrogen) atoms. The molecule has 10 heteroatoms. The Hall–Kier alpha value is -2.39. The molecule has 1 N–H and O–H groups in total. The number of hydrogen-bond acceptors (Lipinski definition) is 6. The van der Waals surface area contributed by atoms with Gasteiger partial charge in [-0.1, -0.05) is 11.6 Å². The molecule has 1 fully saturated rings. The van der Waals surface area contributed by atoms with Gasteiger partial charge < -0.3 is 10.2 Å². The van der Waals surface area contributed by atoms with E-state index in [4.69, 9.17) is 11.6 Å². The zero-order valence-corrected chi connectivity index (χ0v) is 19.4. The van der Waals surface area contributed by atoms with E-state index in [1.54, 1.807) is 30.4 Å². The molecule has 3 aromatic rings. The molecular formula is C22H24ClF2N5OS. The second-order valence-electron chi connectivity index (χ2n) is 8.27. The van der Waals surface area contributed by atoms with Crippen molar-refractivity contribution in [2.45, 2.75) is 45.1 Å². The van der Waals surface area contributed by atoms with Gasteiger partial charge in [0.05, 0.1) is 15.3 Å². The molecule has 1 amide bonds. The average molecular weight is 480 g/mol. The number of halogens is 3. The fourth-order valence-corrected chi connectivity index (χ4v) is 5.31. The summed E-state index contributed by atoms with van der Waals surface area (Å²) < 4.78 is 26.8. The fourth-order valence-electron chi connectivity index (χ4n) is 3.99. The number of nitrogens with zero attached hydrogens (tertiary/aromatic N) is 4. The van der Waals surface area contributed by atoms with Gasteiger partial charge in [0, 0.05) is 45.4 Å². The van der Waals surface area contributed by atoms with Gasteiger partial charge in [-0.3, -0.25) is 9.78 Å². The number of fused-ring (bicyclic) bond motifs is 1. The van der Waals surface area contributed by atoms with Gasteiger partial charge in [-0.25, -0.2) is 18.7 Å². The zero-order chi connectivity index (χ0) is 22.9. The Labute approximate surface area is 194 Å². The Morgan fingerprint density at radius 3 is 2.81 bits per heavy atom. The van der Waals surface area contributed by atoms with Crippen molar-refractivity contribution >= 4 is 44.9 Å². The second kappa shape index (κ2) is 9.23. The highest BCUT2D eigenvalue weighted by molar-refractivity contribution is 7.20. The van der Waals surface area contributed by atoms with Crippen LogP contribution >= 0.6 is 22.9 Å². The van der Waals surface area contributed by atoms with E-state index in [-0.39, 0.29) is 24.7 Å². The van der Waals surface area contributed by atoms with E-state index in [1.165, 1.54) is 17.7 Å². The zero-order valence-electron chi connectivity index (χ0n) is 17.9. The molecule has 0 unspecified atom stereocenters. The van der Waals surface area contributed by atoms with Crippen LogP contribution in [0.4, 0.5) is 14.6 Å². The van der Waals surface area contributed by atoms with Crippen molar-refractivity contribution in [3.8, 4) is 0 Å². The lowest BCUT2D eigenvalue weighted by atomic mass is 9.87. The first-order valence-electron chi connectivity index (χ1n) is 10.4. The average Bonchev–Trinajstić information content (AvgIpc) is 3.11. The van der Waals surface area contributed by atoms with Crippen molar-refractivity contribution in [3.63, 3.8) is 0 Å². The molecule has 0 radical (unpaired) electrons. The molecule has 0 saturated heterocycles. The van der Waals surface area contributed by atoms with Crippen LogP contribution < -0.4 is 5.32 Å². The first-order chi connectivity index (χ1) is 15.2. The maximum Gasteiger partial charge on any atom is 0.264 e. The molecule has 0 aliphatic heterocycles. The van der Waals surface area contributed by atoms with Gasteiger partial charge in [-0.2, -0.15) is 0 Å². The number of nitrogens with one attached hydrogen (secondary N) is 1. The molecule has 1 aliphatic carbocycles. The van der Waals surface area contributed by atoms with Crippen LogP contribution in [0.15, 0.2) is 24.8 Å². The van der Waals surface area contributed by atoms with E-state index < -0.39 is 5.92 Å². The molecule has 0 spiro atoms. The number of anilines is 1. The highest BCUT2D eigenvalue weighted by Gasteiger charge is 2.34. The Bertz CT molecular complexity index is 1130. The lowest BCUT2D eigenvalue weighted by Gasteiger charge is -2.28. The minimum Gasteiger partial charge on any atom is -0.369 e. The van der Waals surface area contributed by atoms with Gasteiger partial charge in [0.2, 0.25) is 5.92 Å². The standard InChI is InChI=1S/C22H24ClF2N5OS/c1-13-17-19(27-9-14-3-6-22(24,25)7-4-14)28-12-29-20(17)32-18(13)21(31)30(2)11-15-5-8-26-10-16(15)23/h5,8,10,12,14H,3-4,6-7,9,11H2,1-2H3,(H,27,28,29). The van der Waals surface area contributed by atoms with E-state index in [0.29, 0.717) is 46.5 Å². The summed E-state index contributed by atoms with van der Waals surface area (Å²) in [6.45, 7) is 2.81. The smallest absolute Gasteiger partial charge is 0.264 e. The number of pyridine rings is 1. The summed E-state index contributed by atoms with van der Waals surface area (Å²) >= 11 is 7.51. The molecule has 6 nitrogen and oxygen atoms in total. The van der Waals surface area contributed by atoms with Gasteiger partial charge in [0.15, 0.2) is 0 Å². The summed E-state index contributed by atoms with van der Waals surface area (Å²) in [5.74, 6) is -1.85. The molecule has 170 valence electrons. The predicted molar refractivity (Wildman–Crippen MR) is 123 cm³/mol. The van der Waals surface area contributed by atoms with E-state index in [1.807, 2.05) is 6.92 Å². The Balaban J connectivity index is 1.51. The van der Waals surface area contributed by atoms with Crippen LogP contribution in [0.3, 0.4) is 0 Å². The Morgan fingerprint density at radius 1 is 1.34 bits per heavy atom. The Morgan fingerprint density at radius 2 is 2.09 bits per heavy atom. The maximum absolute atomic E-state index is 13.4. The van der Waals surface area contributed by atoms with Crippen LogP contribution in [-0.2, 0) is 6.54 Å². The molecule has 0 bridgehead atoms. The van der Waals surface area contributed by atoms with Crippen LogP contribution in [0.25, 0.3) is 10.2 Å². The third-order valence-corrected chi connectivity index (χ3v) is 7.45. The van der Waals surface area contributed by atoms with E-state index in [2.05, 4.69) is 20.3 Å². The molecule has 4 rings (SSSR count). The first-order valence-corrected chi connectivity index (χ1v) is 11.6. The summed E-state index contributed by atoms with van der Waals surface area (Å²) in [7, 11) is 1.73. The summed E-state index contributed by atoms with van der Waals surface area (Å²) in [6.07, 6.45) is 5.51. The number of rotatable bonds is 6. The highest BCUT2D eigenvalue weighted by atomic mass is 35.5. The van der Waals surface area contributed by atoms with Crippen molar-refractivity contribution in [2.24, 2.45) is 5.92 Å². The van der Waals surface area contributed by atoms with Crippen LogP contribution in [-0.4, -0.2) is 45.3 Å². The minimum absolute atomic E-state index is 0.0670. The normalized spacial score (nSPS) is 16.3. The third kappa shape index (κ3) is 4.83. The van der Waals surface area contributed by atoms with E-state index in [9.17, 15) is 13.6 Å². The number of carbonyl (C=O) groups is 1. The summed E-state index contributed by atoms with van der Waals surface area (Å²) in [6, 6.07) is 1.79. The van der Waals surface area contributed by atoms with Crippen LogP contribution in [0.1, 0.15) is 46.5 Å². The number of hydrogen-bond donors (Lipinski definition) is 1. The SMILES string of the molecule is Cc1c(C(=O)N(C)Cc2ccncc2Cl)sc2ncnc(NCC3CCC(F)(F)CC3)c12. The van der Waals surface area contributed by atoms with Crippen LogP contribution in [0, 0.1) is 12.8 Å². The topological polar surface area (TPSA) is 71.0 Å². The summed E-state index contributed by atoms with van der Waals surface area (Å²) in [5.41, 5.74) is 1.62. The molecule has 1 aliphatic rings. The molecule has 3 heterocycles. The molecule has 1 saturated carbocycles.